The Morgan fingerprint density at radius 3 is 2.67 bits per heavy atom. The number of rotatable bonds is 6. The van der Waals surface area contributed by atoms with E-state index in [1.54, 1.807) is 12.3 Å². The number of piperidine rings is 3. The van der Waals surface area contributed by atoms with Gasteiger partial charge in [0.25, 0.3) is 0 Å². The van der Waals surface area contributed by atoms with Gasteiger partial charge in [-0.25, -0.2) is 9.37 Å². The first-order chi connectivity index (χ1) is 19.1. The smallest absolute Gasteiger partial charge is 0.318 e. The van der Waals surface area contributed by atoms with Gasteiger partial charge in [0, 0.05) is 35.3 Å². The van der Waals surface area contributed by atoms with Crippen LogP contribution < -0.4 is 9.47 Å². The second-order valence-electron chi connectivity index (χ2n) is 10.4. The maximum absolute atomic E-state index is 15.6. The second kappa shape index (κ2) is 9.57. The Labute approximate surface area is 225 Å². The maximum atomic E-state index is 15.6. The highest BCUT2D eigenvalue weighted by Gasteiger charge is 2.35. The quantitative estimate of drug-likeness (QED) is 0.309. The van der Waals surface area contributed by atoms with Crippen LogP contribution in [0.25, 0.3) is 33.5 Å². The molecule has 3 saturated heterocycles. The number of hydrogen-bond acceptors (Lipinski definition) is 7. The van der Waals surface area contributed by atoms with Crippen molar-refractivity contribution in [3.63, 3.8) is 0 Å². The van der Waals surface area contributed by atoms with E-state index in [1.165, 1.54) is 13.2 Å². The van der Waals surface area contributed by atoms with E-state index in [4.69, 9.17) is 14.5 Å². The molecule has 3 fully saturated rings. The summed E-state index contributed by atoms with van der Waals surface area (Å²) < 4.78 is 29.1. The van der Waals surface area contributed by atoms with Crippen LogP contribution in [0.5, 0.6) is 11.8 Å². The summed E-state index contributed by atoms with van der Waals surface area (Å²) in [5.41, 5.74) is 4.24. The molecule has 0 unspecified atom stereocenters. The molecule has 0 amide bonds. The minimum absolute atomic E-state index is 0.122. The van der Waals surface area contributed by atoms with E-state index in [0.29, 0.717) is 39.9 Å². The first kappa shape index (κ1) is 24.0. The van der Waals surface area contributed by atoms with E-state index in [9.17, 15) is 0 Å². The van der Waals surface area contributed by atoms with Gasteiger partial charge in [0.2, 0.25) is 0 Å². The lowest BCUT2D eigenvalue weighted by atomic mass is 9.86. The van der Waals surface area contributed by atoms with Gasteiger partial charge < -0.3 is 14.0 Å². The molecule has 3 aromatic heterocycles. The summed E-state index contributed by atoms with van der Waals surface area (Å²) in [4.78, 5) is 20.8. The predicted molar refractivity (Wildman–Crippen MR) is 146 cm³/mol. The fourth-order valence-corrected chi connectivity index (χ4v) is 5.91. The van der Waals surface area contributed by atoms with Crippen LogP contribution in [0.2, 0.25) is 0 Å². The number of imidazole rings is 1. The Balaban J connectivity index is 1.27. The molecule has 198 valence electrons. The van der Waals surface area contributed by atoms with Gasteiger partial charge in [-0.15, -0.1) is 0 Å². The first-order valence-electron chi connectivity index (χ1n) is 13.4. The standard InChI is InChI=1S/C30H29FN6O2/c1-18-27-29(35-30(33-18)38-2)37(28(34-27)21-6-8-25-20(14-21)4-3-11-32-25)16-22-5-7-23(15-24(22)31)39-26-17-36-12-9-19(26)10-13-36/h3-8,11,14-15,19,26H,9-10,12-13,16-17H2,1-2H3/t26-/m1/s1. The van der Waals surface area contributed by atoms with Crippen LogP contribution >= 0.6 is 0 Å². The molecule has 5 aromatic rings. The molecular formula is C30H29FN6O2. The van der Waals surface area contributed by atoms with Gasteiger partial charge in [0.15, 0.2) is 5.65 Å². The molecule has 2 aromatic carbocycles. The van der Waals surface area contributed by atoms with Crippen LogP contribution in [0.1, 0.15) is 24.1 Å². The molecule has 39 heavy (non-hydrogen) atoms. The molecule has 6 heterocycles. The van der Waals surface area contributed by atoms with E-state index in [0.717, 1.165) is 48.9 Å². The van der Waals surface area contributed by atoms with Gasteiger partial charge >= 0.3 is 6.01 Å². The topological polar surface area (TPSA) is 78.2 Å². The van der Waals surface area contributed by atoms with Crippen molar-refractivity contribution in [1.82, 2.24) is 29.4 Å². The van der Waals surface area contributed by atoms with Gasteiger partial charge in [-0.2, -0.15) is 9.97 Å². The number of fused-ring (bicyclic) bond motifs is 5. The molecule has 9 heteroatoms. The molecule has 0 aliphatic carbocycles. The van der Waals surface area contributed by atoms with Crippen molar-refractivity contribution < 1.29 is 13.9 Å². The van der Waals surface area contributed by atoms with Crippen LogP contribution in [0.3, 0.4) is 0 Å². The minimum Gasteiger partial charge on any atom is -0.489 e. The van der Waals surface area contributed by atoms with Gasteiger partial charge in [0.05, 0.1) is 24.9 Å². The van der Waals surface area contributed by atoms with Crippen LogP contribution in [0.15, 0.2) is 54.7 Å². The number of nitrogens with zero attached hydrogens (tertiary/aromatic N) is 6. The van der Waals surface area contributed by atoms with Crippen LogP contribution in [-0.2, 0) is 6.54 Å². The van der Waals surface area contributed by atoms with Crippen molar-refractivity contribution in [1.29, 1.82) is 0 Å². The van der Waals surface area contributed by atoms with Crippen molar-refractivity contribution in [2.45, 2.75) is 32.4 Å². The zero-order valence-corrected chi connectivity index (χ0v) is 22.0. The van der Waals surface area contributed by atoms with Gasteiger partial charge in [-0.1, -0.05) is 12.1 Å². The van der Waals surface area contributed by atoms with E-state index < -0.39 is 0 Å². The molecule has 0 saturated carbocycles. The fourth-order valence-electron chi connectivity index (χ4n) is 5.91. The molecule has 3 aliphatic heterocycles. The number of hydrogen-bond donors (Lipinski definition) is 0. The molecule has 0 spiro atoms. The summed E-state index contributed by atoms with van der Waals surface area (Å²) in [6, 6.07) is 15.3. The van der Waals surface area contributed by atoms with Gasteiger partial charge in [0.1, 0.15) is 29.0 Å². The largest absolute Gasteiger partial charge is 0.489 e. The molecule has 1 atom stereocenters. The highest BCUT2D eigenvalue weighted by Crippen LogP contribution is 2.33. The number of methoxy groups -OCH3 is 1. The number of ether oxygens (including phenoxy) is 2. The molecule has 3 aliphatic rings. The molecule has 0 radical (unpaired) electrons. The highest BCUT2D eigenvalue weighted by atomic mass is 19.1. The Bertz CT molecular complexity index is 1690. The summed E-state index contributed by atoms with van der Waals surface area (Å²) in [5, 5.41) is 0.995. The molecular weight excluding hydrogens is 495 g/mol. The lowest BCUT2D eigenvalue weighted by Gasteiger charge is -2.44. The average molecular weight is 525 g/mol. The predicted octanol–water partition coefficient (Wildman–Crippen LogP) is 5.02. The minimum atomic E-state index is -0.318. The fraction of sp³-hybridized carbons (Fsp3) is 0.333. The molecule has 2 bridgehead atoms. The zero-order chi connectivity index (χ0) is 26.5. The van der Waals surface area contributed by atoms with Gasteiger partial charge in [-0.05, 0) is 69.1 Å². The average Bonchev–Trinajstić information content (AvgIpc) is 3.33. The van der Waals surface area contributed by atoms with E-state index in [2.05, 4.69) is 19.9 Å². The van der Waals surface area contributed by atoms with Gasteiger partial charge in [-0.3, -0.25) is 9.88 Å². The third kappa shape index (κ3) is 4.36. The molecule has 0 N–H and O–H groups in total. The normalized spacial score (nSPS) is 20.5. The lowest BCUT2D eigenvalue weighted by Crippen LogP contribution is -2.52. The zero-order valence-electron chi connectivity index (χ0n) is 22.0. The maximum Gasteiger partial charge on any atom is 0.318 e. The van der Waals surface area contributed by atoms with Crippen LogP contribution in [-0.4, -0.2) is 62.3 Å². The summed E-state index contributed by atoms with van der Waals surface area (Å²) in [5.74, 6) is 1.48. The Kier molecular flexibility index (Phi) is 5.88. The first-order valence-corrected chi connectivity index (χ1v) is 13.4. The molecule has 8 nitrogen and oxygen atoms in total. The summed E-state index contributed by atoms with van der Waals surface area (Å²) in [6.07, 6.45) is 4.19. The van der Waals surface area contributed by atoms with Crippen LogP contribution in [0.4, 0.5) is 4.39 Å². The number of halogens is 1. The number of pyridine rings is 1. The lowest BCUT2D eigenvalue weighted by molar-refractivity contribution is -0.00789. The molecule has 8 rings (SSSR count). The SMILES string of the molecule is COc1nc(C)c2nc(-c3ccc4ncccc4c3)n(Cc3ccc(O[C@@H]4CN5CCC4CC5)cc3F)c2n1. The third-order valence-electron chi connectivity index (χ3n) is 8.03. The Morgan fingerprint density at radius 2 is 1.90 bits per heavy atom. The van der Waals surface area contributed by atoms with Crippen LogP contribution in [0, 0.1) is 18.7 Å². The number of benzene rings is 2. The van der Waals surface area contributed by atoms with E-state index in [1.807, 2.05) is 47.9 Å². The highest BCUT2D eigenvalue weighted by molar-refractivity contribution is 5.86. The van der Waals surface area contributed by atoms with Crippen molar-refractivity contribution in [2.24, 2.45) is 5.92 Å². The summed E-state index contributed by atoms with van der Waals surface area (Å²) >= 11 is 0. The van der Waals surface area contributed by atoms with Crippen molar-refractivity contribution >= 4 is 22.1 Å². The van der Waals surface area contributed by atoms with Crippen molar-refractivity contribution in [3.05, 3.63) is 71.8 Å². The van der Waals surface area contributed by atoms with Crippen molar-refractivity contribution in [3.8, 4) is 23.1 Å². The Hall–Kier alpha value is -4.11. The third-order valence-corrected chi connectivity index (χ3v) is 8.03. The van der Waals surface area contributed by atoms with Crippen molar-refractivity contribution in [2.75, 3.05) is 26.7 Å². The number of aryl methyl sites for hydroxylation is 1. The van der Waals surface area contributed by atoms with E-state index in [-0.39, 0.29) is 24.5 Å². The van der Waals surface area contributed by atoms with E-state index >= 15 is 4.39 Å². The second-order valence-corrected chi connectivity index (χ2v) is 10.4. The summed E-state index contributed by atoms with van der Waals surface area (Å²) in [6.45, 7) is 5.31. The summed E-state index contributed by atoms with van der Waals surface area (Å²) in [7, 11) is 1.53. The Morgan fingerprint density at radius 1 is 1.03 bits per heavy atom. The number of aromatic nitrogens is 5. The monoisotopic (exact) mass is 524 g/mol.